The van der Waals surface area contributed by atoms with Crippen LogP contribution >= 0.6 is 0 Å². The van der Waals surface area contributed by atoms with E-state index in [1.807, 2.05) is 36.4 Å². The highest BCUT2D eigenvalue weighted by Crippen LogP contribution is 2.10. The summed E-state index contributed by atoms with van der Waals surface area (Å²) >= 11 is 0. The topological polar surface area (TPSA) is 56.7 Å². The number of nitrogens with zero attached hydrogens (tertiary/aromatic N) is 3. The molecule has 2 N–H and O–H groups in total. The molecule has 0 radical (unpaired) electrons. The standard InChI is InChI=1S/C16H16N4/c17-20-15(11-13-7-3-1-4-8-13)18-19-16(20)12-14-9-5-2-6-10-14/h1-10H,11-12,17H2. The van der Waals surface area contributed by atoms with E-state index in [4.69, 9.17) is 5.84 Å². The quantitative estimate of drug-likeness (QED) is 0.735. The first kappa shape index (κ1) is 12.4. The van der Waals surface area contributed by atoms with Gasteiger partial charge in [0.05, 0.1) is 0 Å². The molecule has 0 fully saturated rings. The summed E-state index contributed by atoms with van der Waals surface area (Å²) in [5.41, 5.74) is 2.36. The Hall–Kier alpha value is -2.62. The Morgan fingerprint density at radius 1 is 0.700 bits per heavy atom. The molecule has 3 aromatic rings. The molecule has 0 amide bonds. The van der Waals surface area contributed by atoms with Crippen molar-refractivity contribution in [1.29, 1.82) is 0 Å². The van der Waals surface area contributed by atoms with Crippen molar-refractivity contribution in [2.75, 3.05) is 5.84 Å². The largest absolute Gasteiger partial charge is 0.336 e. The van der Waals surface area contributed by atoms with E-state index in [1.165, 1.54) is 11.1 Å². The molecule has 4 nitrogen and oxygen atoms in total. The third kappa shape index (κ3) is 2.69. The van der Waals surface area contributed by atoms with E-state index in [9.17, 15) is 0 Å². The maximum atomic E-state index is 6.09. The molecule has 0 saturated carbocycles. The monoisotopic (exact) mass is 264 g/mol. The van der Waals surface area contributed by atoms with Crippen LogP contribution in [0.2, 0.25) is 0 Å². The van der Waals surface area contributed by atoms with Crippen LogP contribution in [0.15, 0.2) is 60.7 Å². The van der Waals surface area contributed by atoms with Crippen LogP contribution in [-0.4, -0.2) is 14.9 Å². The van der Waals surface area contributed by atoms with Crippen molar-refractivity contribution in [1.82, 2.24) is 14.9 Å². The molecule has 20 heavy (non-hydrogen) atoms. The summed E-state index contributed by atoms with van der Waals surface area (Å²) in [6, 6.07) is 20.3. The van der Waals surface area contributed by atoms with Crippen molar-refractivity contribution in [3.8, 4) is 0 Å². The molecule has 100 valence electrons. The van der Waals surface area contributed by atoms with Gasteiger partial charge in [-0.05, 0) is 11.1 Å². The van der Waals surface area contributed by atoms with Gasteiger partial charge in [-0.3, -0.25) is 0 Å². The van der Waals surface area contributed by atoms with E-state index in [1.54, 1.807) is 4.68 Å². The summed E-state index contributed by atoms with van der Waals surface area (Å²) in [5, 5.41) is 8.39. The third-order valence-electron chi connectivity index (χ3n) is 3.25. The Kier molecular flexibility index (Phi) is 3.46. The van der Waals surface area contributed by atoms with E-state index >= 15 is 0 Å². The van der Waals surface area contributed by atoms with Gasteiger partial charge in [0, 0.05) is 12.8 Å². The van der Waals surface area contributed by atoms with Crippen molar-refractivity contribution in [2.24, 2.45) is 0 Å². The second kappa shape index (κ2) is 5.57. The van der Waals surface area contributed by atoms with E-state index in [0.717, 1.165) is 11.6 Å². The van der Waals surface area contributed by atoms with Crippen molar-refractivity contribution >= 4 is 0 Å². The lowest BCUT2D eigenvalue weighted by Gasteiger charge is -2.04. The molecule has 1 aromatic heterocycles. The number of nitrogen functional groups attached to an aromatic ring is 1. The summed E-state index contributed by atoms with van der Waals surface area (Å²) in [6.45, 7) is 0. The Labute approximate surface area is 117 Å². The minimum Gasteiger partial charge on any atom is -0.336 e. The molecule has 0 saturated heterocycles. The normalized spacial score (nSPS) is 10.6. The lowest BCUT2D eigenvalue weighted by atomic mass is 10.1. The summed E-state index contributed by atoms with van der Waals surface area (Å²) in [4.78, 5) is 0. The van der Waals surface area contributed by atoms with Gasteiger partial charge < -0.3 is 5.84 Å². The molecular weight excluding hydrogens is 248 g/mol. The first-order valence-corrected chi connectivity index (χ1v) is 6.59. The summed E-state index contributed by atoms with van der Waals surface area (Å²) < 4.78 is 1.60. The third-order valence-corrected chi connectivity index (χ3v) is 3.25. The number of rotatable bonds is 4. The maximum absolute atomic E-state index is 6.09. The van der Waals surface area contributed by atoms with Crippen molar-refractivity contribution in [3.05, 3.63) is 83.4 Å². The van der Waals surface area contributed by atoms with Crippen molar-refractivity contribution < 1.29 is 0 Å². The van der Waals surface area contributed by atoms with Gasteiger partial charge in [-0.2, -0.15) is 0 Å². The Morgan fingerprint density at radius 3 is 1.50 bits per heavy atom. The molecule has 0 aliphatic carbocycles. The fraction of sp³-hybridized carbons (Fsp3) is 0.125. The van der Waals surface area contributed by atoms with E-state index in [2.05, 4.69) is 34.5 Å². The molecule has 4 heteroatoms. The highest BCUT2D eigenvalue weighted by Gasteiger charge is 2.10. The number of hydrogen-bond acceptors (Lipinski definition) is 3. The highest BCUT2D eigenvalue weighted by atomic mass is 15.4. The zero-order valence-corrected chi connectivity index (χ0v) is 11.1. The van der Waals surface area contributed by atoms with Crippen LogP contribution < -0.4 is 5.84 Å². The van der Waals surface area contributed by atoms with Gasteiger partial charge in [0.15, 0.2) is 11.6 Å². The molecule has 0 aliphatic rings. The van der Waals surface area contributed by atoms with Gasteiger partial charge in [0.1, 0.15) is 0 Å². The summed E-state index contributed by atoms with van der Waals surface area (Å²) in [7, 11) is 0. The van der Waals surface area contributed by atoms with Crippen molar-refractivity contribution in [2.45, 2.75) is 12.8 Å². The lowest BCUT2D eigenvalue weighted by Crippen LogP contribution is -2.17. The SMILES string of the molecule is Nn1c(Cc2ccccc2)nnc1Cc1ccccc1. The maximum Gasteiger partial charge on any atom is 0.156 e. The van der Waals surface area contributed by atoms with E-state index < -0.39 is 0 Å². The first-order valence-electron chi connectivity index (χ1n) is 6.59. The van der Waals surface area contributed by atoms with Gasteiger partial charge in [0.25, 0.3) is 0 Å². The van der Waals surface area contributed by atoms with Crippen LogP contribution in [0.4, 0.5) is 0 Å². The molecular formula is C16H16N4. The molecule has 0 spiro atoms. The molecule has 0 bridgehead atoms. The van der Waals surface area contributed by atoms with Crippen LogP contribution in [-0.2, 0) is 12.8 Å². The number of benzene rings is 2. The number of hydrogen-bond donors (Lipinski definition) is 1. The first-order chi connectivity index (χ1) is 9.83. The van der Waals surface area contributed by atoms with E-state index in [0.29, 0.717) is 12.8 Å². The summed E-state index contributed by atoms with van der Waals surface area (Å²) in [6.07, 6.45) is 1.39. The predicted molar refractivity (Wildman–Crippen MR) is 78.7 cm³/mol. The van der Waals surface area contributed by atoms with Crippen LogP contribution in [0.5, 0.6) is 0 Å². The molecule has 0 unspecified atom stereocenters. The Bertz CT molecular complexity index is 615. The van der Waals surface area contributed by atoms with Gasteiger partial charge in [-0.25, -0.2) is 4.68 Å². The fourth-order valence-electron chi connectivity index (χ4n) is 2.16. The molecule has 0 aliphatic heterocycles. The van der Waals surface area contributed by atoms with Gasteiger partial charge >= 0.3 is 0 Å². The zero-order valence-electron chi connectivity index (χ0n) is 11.1. The van der Waals surface area contributed by atoms with Gasteiger partial charge in [-0.15, -0.1) is 10.2 Å². The number of nitrogens with two attached hydrogens (primary N) is 1. The van der Waals surface area contributed by atoms with Crippen LogP contribution in [0.25, 0.3) is 0 Å². The predicted octanol–water partition coefficient (Wildman–Crippen LogP) is 2.17. The highest BCUT2D eigenvalue weighted by molar-refractivity contribution is 5.22. The van der Waals surface area contributed by atoms with Crippen molar-refractivity contribution in [3.63, 3.8) is 0 Å². The zero-order chi connectivity index (χ0) is 13.8. The molecule has 2 aromatic carbocycles. The van der Waals surface area contributed by atoms with E-state index in [-0.39, 0.29) is 0 Å². The Balaban J connectivity index is 1.79. The minimum atomic E-state index is 0.694. The summed E-state index contributed by atoms with van der Waals surface area (Å²) in [5.74, 6) is 7.65. The van der Waals surface area contributed by atoms with Crippen LogP contribution in [0.3, 0.4) is 0 Å². The Morgan fingerprint density at radius 2 is 1.10 bits per heavy atom. The van der Waals surface area contributed by atoms with Gasteiger partial charge in [-0.1, -0.05) is 60.7 Å². The average Bonchev–Trinajstić information content (AvgIpc) is 2.83. The molecule has 0 atom stereocenters. The van der Waals surface area contributed by atoms with Crippen LogP contribution in [0, 0.1) is 0 Å². The lowest BCUT2D eigenvalue weighted by molar-refractivity contribution is 0.829. The molecule has 3 rings (SSSR count). The average molecular weight is 264 g/mol. The molecule has 1 heterocycles. The van der Waals surface area contributed by atoms with Crippen LogP contribution in [0.1, 0.15) is 22.8 Å². The number of aromatic nitrogens is 3. The van der Waals surface area contributed by atoms with Gasteiger partial charge in [0.2, 0.25) is 0 Å². The minimum absolute atomic E-state index is 0.694. The second-order valence-corrected chi connectivity index (χ2v) is 4.73. The smallest absolute Gasteiger partial charge is 0.156 e. The fourth-order valence-corrected chi connectivity index (χ4v) is 2.16. The second-order valence-electron chi connectivity index (χ2n) is 4.73.